The van der Waals surface area contributed by atoms with Crippen LogP contribution >= 0.6 is 0 Å². The van der Waals surface area contributed by atoms with Crippen molar-refractivity contribution in [1.29, 1.82) is 0 Å². The summed E-state index contributed by atoms with van der Waals surface area (Å²) >= 11 is 0. The largest absolute Gasteiger partial charge is 0.353 e. The van der Waals surface area contributed by atoms with Crippen molar-refractivity contribution in [1.82, 2.24) is 5.32 Å². The van der Waals surface area contributed by atoms with Gasteiger partial charge < -0.3 is 10.6 Å². The Morgan fingerprint density at radius 2 is 1.90 bits per heavy atom. The van der Waals surface area contributed by atoms with E-state index in [2.05, 4.69) is 10.6 Å². The molecule has 1 fully saturated rings. The molecule has 2 N–H and O–H groups in total. The third-order valence-corrected chi connectivity index (χ3v) is 3.40. The van der Waals surface area contributed by atoms with Gasteiger partial charge >= 0.3 is 0 Å². The van der Waals surface area contributed by atoms with Gasteiger partial charge in [0.15, 0.2) is 0 Å². The molecule has 108 valence electrons. The summed E-state index contributed by atoms with van der Waals surface area (Å²) in [6.07, 6.45) is 5.20. The van der Waals surface area contributed by atoms with Crippen LogP contribution in [0.4, 0.5) is 10.1 Å². The molecule has 1 aliphatic carbocycles. The number of rotatable bonds is 4. The minimum atomic E-state index is -0.427. The molecule has 0 unspecified atom stereocenters. The van der Waals surface area contributed by atoms with Crippen LogP contribution in [0.3, 0.4) is 0 Å². The topological polar surface area (TPSA) is 58.2 Å². The summed E-state index contributed by atoms with van der Waals surface area (Å²) in [4.78, 5) is 23.4. The van der Waals surface area contributed by atoms with Crippen LogP contribution in [0.25, 0.3) is 0 Å². The van der Waals surface area contributed by atoms with Gasteiger partial charge in [-0.25, -0.2) is 4.39 Å². The molecule has 5 heteroatoms. The Hall–Kier alpha value is -1.91. The molecule has 1 aliphatic rings. The second-order valence-electron chi connectivity index (χ2n) is 5.14. The van der Waals surface area contributed by atoms with Crippen LogP contribution in [0.5, 0.6) is 0 Å². The van der Waals surface area contributed by atoms with E-state index in [-0.39, 0.29) is 18.4 Å². The predicted octanol–water partition coefficient (Wildman–Crippen LogP) is 2.60. The maximum Gasteiger partial charge on any atom is 0.233 e. The lowest BCUT2D eigenvalue weighted by Crippen LogP contribution is -2.37. The molecule has 1 aromatic rings. The summed E-state index contributed by atoms with van der Waals surface area (Å²) in [5.74, 6) is -1.12. The first kappa shape index (κ1) is 14.5. The highest BCUT2D eigenvalue weighted by atomic mass is 19.1. The number of anilines is 1. The Labute approximate surface area is 117 Å². The van der Waals surface area contributed by atoms with Crippen molar-refractivity contribution in [3.63, 3.8) is 0 Å². The number of nitrogens with one attached hydrogen (secondary N) is 2. The number of hydrogen-bond donors (Lipinski definition) is 2. The van der Waals surface area contributed by atoms with E-state index in [1.807, 2.05) is 0 Å². The summed E-state index contributed by atoms with van der Waals surface area (Å²) < 4.78 is 13.0. The summed E-state index contributed by atoms with van der Waals surface area (Å²) in [7, 11) is 0. The van der Waals surface area contributed by atoms with Gasteiger partial charge in [-0.1, -0.05) is 25.3 Å². The van der Waals surface area contributed by atoms with Crippen molar-refractivity contribution in [3.8, 4) is 0 Å². The van der Waals surface area contributed by atoms with Crippen molar-refractivity contribution in [3.05, 3.63) is 30.1 Å². The van der Waals surface area contributed by atoms with Crippen LogP contribution in [0.2, 0.25) is 0 Å². The van der Waals surface area contributed by atoms with Gasteiger partial charge in [-0.15, -0.1) is 0 Å². The molecule has 0 saturated heterocycles. The van der Waals surface area contributed by atoms with Crippen LogP contribution in [0.1, 0.15) is 38.5 Å². The second kappa shape index (κ2) is 7.03. The predicted molar refractivity (Wildman–Crippen MR) is 74.7 cm³/mol. The third kappa shape index (κ3) is 4.64. The SMILES string of the molecule is O=C(CC(=O)NC1CCCCC1)Nc1cccc(F)c1. The number of carbonyl (C=O) groups excluding carboxylic acids is 2. The van der Waals surface area contributed by atoms with Gasteiger partial charge in [0.2, 0.25) is 11.8 Å². The molecule has 2 rings (SSSR count). The standard InChI is InChI=1S/C15H19FN2O2/c16-11-5-4-8-13(9-11)18-15(20)10-14(19)17-12-6-2-1-3-7-12/h4-5,8-9,12H,1-3,6-7,10H2,(H,17,19)(H,18,20). The van der Waals surface area contributed by atoms with E-state index in [0.717, 1.165) is 25.7 Å². The second-order valence-corrected chi connectivity index (χ2v) is 5.14. The Balaban J connectivity index is 1.77. The summed E-state index contributed by atoms with van der Waals surface area (Å²) in [5, 5.41) is 5.38. The monoisotopic (exact) mass is 278 g/mol. The fraction of sp³-hybridized carbons (Fsp3) is 0.467. The van der Waals surface area contributed by atoms with E-state index in [1.165, 1.54) is 24.6 Å². The zero-order chi connectivity index (χ0) is 14.4. The molecular formula is C15H19FN2O2. The highest BCUT2D eigenvalue weighted by Crippen LogP contribution is 2.17. The Kier molecular flexibility index (Phi) is 5.09. The average molecular weight is 278 g/mol. The lowest BCUT2D eigenvalue weighted by molar-refractivity contribution is -0.127. The van der Waals surface area contributed by atoms with E-state index >= 15 is 0 Å². The molecule has 0 atom stereocenters. The van der Waals surface area contributed by atoms with Crippen LogP contribution in [0.15, 0.2) is 24.3 Å². The van der Waals surface area contributed by atoms with Gasteiger partial charge in [0.1, 0.15) is 12.2 Å². The molecule has 4 nitrogen and oxygen atoms in total. The van der Waals surface area contributed by atoms with E-state index < -0.39 is 11.7 Å². The van der Waals surface area contributed by atoms with Crippen LogP contribution in [-0.2, 0) is 9.59 Å². The Bertz CT molecular complexity index is 485. The molecule has 0 spiro atoms. The number of halogens is 1. The van der Waals surface area contributed by atoms with E-state index in [4.69, 9.17) is 0 Å². The fourth-order valence-corrected chi connectivity index (χ4v) is 2.44. The third-order valence-electron chi connectivity index (χ3n) is 3.40. The summed E-state index contributed by atoms with van der Waals surface area (Å²) in [5.41, 5.74) is 0.362. The smallest absolute Gasteiger partial charge is 0.233 e. The maximum atomic E-state index is 13.0. The first-order valence-corrected chi connectivity index (χ1v) is 6.98. The zero-order valence-corrected chi connectivity index (χ0v) is 11.3. The van der Waals surface area contributed by atoms with Gasteiger partial charge in [0.05, 0.1) is 0 Å². The van der Waals surface area contributed by atoms with Crippen molar-refractivity contribution in [2.24, 2.45) is 0 Å². The van der Waals surface area contributed by atoms with Gasteiger partial charge in [-0.05, 0) is 31.0 Å². The molecule has 1 aromatic carbocycles. The molecule has 0 bridgehead atoms. The summed E-state index contributed by atoms with van der Waals surface area (Å²) in [6.45, 7) is 0. The quantitative estimate of drug-likeness (QED) is 0.832. The van der Waals surface area contributed by atoms with Gasteiger partial charge in [0, 0.05) is 11.7 Å². The normalized spacial score (nSPS) is 15.7. The Morgan fingerprint density at radius 1 is 1.15 bits per heavy atom. The first-order valence-electron chi connectivity index (χ1n) is 6.98. The lowest BCUT2D eigenvalue weighted by atomic mass is 9.95. The van der Waals surface area contributed by atoms with E-state index in [1.54, 1.807) is 6.07 Å². The fourth-order valence-electron chi connectivity index (χ4n) is 2.44. The van der Waals surface area contributed by atoms with E-state index in [0.29, 0.717) is 5.69 Å². The first-order chi connectivity index (χ1) is 9.63. The summed E-state index contributed by atoms with van der Waals surface area (Å²) in [6, 6.07) is 5.80. The van der Waals surface area contributed by atoms with Gasteiger partial charge in [0.25, 0.3) is 0 Å². The van der Waals surface area contributed by atoms with Crippen molar-refractivity contribution < 1.29 is 14.0 Å². The molecule has 1 saturated carbocycles. The van der Waals surface area contributed by atoms with Crippen molar-refractivity contribution in [2.75, 3.05) is 5.32 Å². The van der Waals surface area contributed by atoms with Crippen molar-refractivity contribution >= 4 is 17.5 Å². The van der Waals surface area contributed by atoms with Crippen LogP contribution in [-0.4, -0.2) is 17.9 Å². The molecule has 20 heavy (non-hydrogen) atoms. The lowest BCUT2D eigenvalue weighted by Gasteiger charge is -2.22. The minimum absolute atomic E-state index is 0.193. The molecule has 0 radical (unpaired) electrons. The molecule has 0 aliphatic heterocycles. The molecule has 0 aromatic heterocycles. The maximum absolute atomic E-state index is 13.0. The minimum Gasteiger partial charge on any atom is -0.353 e. The highest BCUT2D eigenvalue weighted by Gasteiger charge is 2.17. The van der Waals surface area contributed by atoms with Crippen LogP contribution < -0.4 is 10.6 Å². The number of amides is 2. The number of carbonyl (C=O) groups is 2. The molecular weight excluding hydrogens is 259 g/mol. The van der Waals surface area contributed by atoms with Crippen molar-refractivity contribution in [2.45, 2.75) is 44.6 Å². The van der Waals surface area contributed by atoms with E-state index in [9.17, 15) is 14.0 Å². The van der Waals surface area contributed by atoms with Gasteiger partial charge in [-0.3, -0.25) is 9.59 Å². The molecule has 0 heterocycles. The highest BCUT2D eigenvalue weighted by molar-refractivity contribution is 6.03. The Morgan fingerprint density at radius 3 is 2.60 bits per heavy atom. The van der Waals surface area contributed by atoms with Crippen LogP contribution in [0, 0.1) is 5.82 Å². The van der Waals surface area contributed by atoms with Gasteiger partial charge in [-0.2, -0.15) is 0 Å². The molecule has 2 amide bonds. The number of hydrogen-bond acceptors (Lipinski definition) is 2. The zero-order valence-electron chi connectivity index (χ0n) is 11.3. The number of benzene rings is 1. The average Bonchev–Trinajstić information content (AvgIpc) is 2.39.